The van der Waals surface area contributed by atoms with Gasteiger partial charge in [-0.2, -0.15) is 0 Å². The molecule has 4 nitrogen and oxygen atoms in total. The van der Waals surface area contributed by atoms with Crippen LogP contribution in [0.25, 0.3) is 0 Å². The van der Waals surface area contributed by atoms with Crippen molar-refractivity contribution < 1.29 is 4.79 Å². The van der Waals surface area contributed by atoms with Crippen LogP contribution >= 0.6 is 0 Å². The third-order valence-corrected chi connectivity index (χ3v) is 3.99. The van der Waals surface area contributed by atoms with Crippen LogP contribution in [0.3, 0.4) is 0 Å². The molecule has 4 heteroatoms. The number of nitrogens with one attached hydrogen (secondary N) is 1. The lowest BCUT2D eigenvalue weighted by Gasteiger charge is -2.21. The smallest absolute Gasteiger partial charge is 0.243 e. The molecule has 0 aliphatic rings. The average Bonchev–Trinajstić information content (AvgIpc) is 2.99. The van der Waals surface area contributed by atoms with E-state index in [2.05, 4.69) is 55.3 Å². The van der Waals surface area contributed by atoms with Crippen LogP contribution in [0.1, 0.15) is 57.8 Å². The zero-order valence-corrected chi connectivity index (χ0v) is 14.0. The summed E-state index contributed by atoms with van der Waals surface area (Å²) >= 11 is 0. The minimum Gasteiger partial charge on any atom is -0.348 e. The highest BCUT2D eigenvalue weighted by molar-refractivity contribution is 5.80. The van der Waals surface area contributed by atoms with Crippen LogP contribution in [0.5, 0.6) is 0 Å². The molecule has 1 amide bonds. The second-order valence-electron chi connectivity index (χ2n) is 6.79. The molecular formula is C18H25N3O. The van der Waals surface area contributed by atoms with Crippen LogP contribution in [0.2, 0.25) is 0 Å². The first kappa shape index (κ1) is 16.3. The van der Waals surface area contributed by atoms with E-state index < -0.39 is 0 Å². The lowest BCUT2D eigenvalue weighted by Crippen LogP contribution is -2.32. The molecule has 0 spiro atoms. The minimum absolute atomic E-state index is 0.00889. The fourth-order valence-electron chi connectivity index (χ4n) is 2.32. The Kier molecular flexibility index (Phi) is 4.69. The van der Waals surface area contributed by atoms with Crippen molar-refractivity contribution in [1.82, 2.24) is 14.9 Å². The zero-order chi connectivity index (χ0) is 16.3. The van der Waals surface area contributed by atoms with E-state index in [4.69, 9.17) is 0 Å². The van der Waals surface area contributed by atoms with Crippen LogP contribution in [0.15, 0.2) is 43.0 Å². The van der Waals surface area contributed by atoms with Crippen LogP contribution in [0, 0.1) is 0 Å². The lowest BCUT2D eigenvalue weighted by molar-refractivity contribution is -0.124. The Labute approximate surface area is 132 Å². The average molecular weight is 299 g/mol. The maximum atomic E-state index is 12.3. The van der Waals surface area contributed by atoms with Crippen molar-refractivity contribution in [2.24, 2.45) is 0 Å². The van der Waals surface area contributed by atoms with E-state index in [1.165, 1.54) is 5.56 Å². The molecule has 2 rings (SSSR count). The molecule has 1 heterocycles. The van der Waals surface area contributed by atoms with Crippen LogP contribution in [0.4, 0.5) is 0 Å². The Balaban J connectivity index is 2.03. The van der Waals surface area contributed by atoms with Crippen molar-refractivity contribution in [3.05, 3.63) is 54.1 Å². The topological polar surface area (TPSA) is 46.9 Å². The lowest BCUT2D eigenvalue weighted by atomic mass is 9.86. The Morgan fingerprint density at radius 3 is 2.32 bits per heavy atom. The summed E-state index contributed by atoms with van der Waals surface area (Å²) in [5, 5.41) is 3.05. The molecular weight excluding hydrogens is 274 g/mol. The van der Waals surface area contributed by atoms with E-state index in [-0.39, 0.29) is 23.4 Å². The number of nitrogens with zero attached hydrogens (tertiary/aromatic N) is 2. The van der Waals surface area contributed by atoms with Crippen molar-refractivity contribution >= 4 is 5.91 Å². The summed E-state index contributed by atoms with van der Waals surface area (Å²) in [6, 6.07) is 8.17. The molecule has 2 aromatic rings. The fourth-order valence-corrected chi connectivity index (χ4v) is 2.32. The molecule has 22 heavy (non-hydrogen) atoms. The molecule has 1 aromatic heterocycles. The monoisotopic (exact) mass is 299 g/mol. The number of hydrogen-bond acceptors (Lipinski definition) is 2. The molecule has 2 atom stereocenters. The van der Waals surface area contributed by atoms with E-state index in [9.17, 15) is 4.79 Å². The van der Waals surface area contributed by atoms with Gasteiger partial charge in [0.2, 0.25) is 5.91 Å². The number of rotatable bonds is 4. The number of hydrogen-bond donors (Lipinski definition) is 1. The minimum atomic E-state index is -0.265. The normalized spacial score (nSPS) is 14.4. The Hall–Kier alpha value is -2.10. The quantitative estimate of drug-likeness (QED) is 0.937. The molecule has 0 saturated heterocycles. The number of carbonyl (C=O) groups is 1. The third-order valence-electron chi connectivity index (χ3n) is 3.99. The van der Waals surface area contributed by atoms with Gasteiger partial charge in [0, 0.05) is 12.4 Å². The van der Waals surface area contributed by atoms with Gasteiger partial charge in [0.05, 0.1) is 12.4 Å². The predicted octanol–water partition coefficient (Wildman–Crippen LogP) is 3.62. The van der Waals surface area contributed by atoms with Crippen molar-refractivity contribution in [2.45, 2.75) is 52.1 Å². The molecule has 0 fully saturated rings. The van der Waals surface area contributed by atoms with Crippen LogP contribution < -0.4 is 5.32 Å². The van der Waals surface area contributed by atoms with E-state index in [0.29, 0.717) is 0 Å². The summed E-state index contributed by atoms with van der Waals surface area (Å²) < 4.78 is 1.80. The Bertz CT molecular complexity index is 609. The molecule has 1 N–H and O–H groups in total. The Morgan fingerprint density at radius 2 is 1.82 bits per heavy atom. The molecule has 0 aliphatic carbocycles. The number of benzene rings is 1. The van der Waals surface area contributed by atoms with Crippen molar-refractivity contribution in [3.8, 4) is 0 Å². The van der Waals surface area contributed by atoms with E-state index in [0.717, 1.165) is 5.56 Å². The van der Waals surface area contributed by atoms with Gasteiger partial charge in [-0.15, -0.1) is 0 Å². The molecule has 118 valence electrons. The summed E-state index contributed by atoms with van der Waals surface area (Å²) in [5.41, 5.74) is 2.54. The van der Waals surface area contributed by atoms with Gasteiger partial charge in [-0.1, -0.05) is 45.0 Å². The summed E-state index contributed by atoms with van der Waals surface area (Å²) in [5.74, 6) is -0.00889. The second kappa shape index (κ2) is 6.34. The first-order chi connectivity index (χ1) is 10.3. The highest BCUT2D eigenvalue weighted by Crippen LogP contribution is 2.24. The summed E-state index contributed by atoms with van der Waals surface area (Å²) in [6.45, 7) is 10.5. The molecule has 2 unspecified atom stereocenters. The van der Waals surface area contributed by atoms with Gasteiger partial charge < -0.3 is 9.88 Å². The van der Waals surface area contributed by atoms with Crippen LogP contribution in [-0.2, 0) is 10.2 Å². The van der Waals surface area contributed by atoms with E-state index >= 15 is 0 Å². The van der Waals surface area contributed by atoms with Crippen molar-refractivity contribution in [1.29, 1.82) is 0 Å². The first-order valence-corrected chi connectivity index (χ1v) is 7.67. The van der Waals surface area contributed by atoms with Crippen molar-refractivity contribution in [3.63, 3.8) is 0 Å². The molecule has 0 bridgehead atoms. The van der Waals surface area contributed by atoms with Gasteiger partial charge in [0.1, 0.15) is 6.04 Å². The largest absolute Gasteiger partial charge is 0.348 e. The number of imidazole rings is 1. The number of aromatic nitrogens is 2. The van der Waals surface area contributed by atoms with Crippen molar-refractivity contribution in [2.75, 3.05) is 0 Å². The second-order valence-corrected chi connectivity index (χ2v) is 6.79. The van der Waals surface area contributed by atoms with Gasteiger partial charge in [0.15, 0.2) is 0 Å². The predicted molar refractivity (Wildman–Crippen MR) is 88.6 cm³/mol. The van der Waals surface area contributed by atoms with Gasteiger partial charge in [-0.25, -0.2) is 4.98 Å². The number of carbonyl (C=O) groups excluding carboxylic acids is 1. The summed E-state index contributed by atoms with van der Waals surface area (Å²) in [6.07, 6.45) is 5.14. The van der Waals surface area contributed by atoms with Crippen LogP contribution in [-0.4, -0.2) is 15.5 Å². The van der Waals surface area contributed by atoms with Gasteiger partial charge in [-0.3, -0.25) is 4.79 Å². The van der Waals surface area contributed by atoms with Gasteiger partial charge in [0.25, 0.3) is 0 Å². The Morgan fingerprint density at radius 1 is 1.18 bits per heavy atom. The molecule has 0 saturated carbocycles. The van der Waals surface area contributed by atoms with Gasteiger partial charge in [-0.05, 0) is 30.4 Å². The molecule has 0 aliphatic heterocycles. The van der Waals surface area contributed by atoms with Gasteiger partial charge >= 0.3 is 0 Å². The first-order valence-electron chi connectivity index (χ1n) is 7.67. The maximum absolute atomic E-state index is 12.3. The standard InChI is InChI=1S/C18H25N3O/c1-13(15-6-8-16(9-7-15)18(3,4)5)20-17(22)14(2)21-11-10-19-12-21/h6-14H,1-5H3,(H,20,22). The summed E-state index contributed by atoms with van der Waals surface area (Å²) in [4.78, 5) is 16.3. The highest BCUT2D eigenvalue weighted by Gasteiger charge is 2.18. The number of amides is 1. The highest BCUT2D eigenvalue weighted by atomic mass is 16.2. The molecule has 0 radical (unpaired) electrons. The zero-order valence-electron chi connectivity index (χ0n) is 14.0. The third kappa shape index (κ3) is 3.75. The van der Waals surface area contributed by atoms with E-state index in [1.807, 2.05) is 13.8 Å². The SMILES string of the molecule is CC(NC(=O)C(C)n1ccnc1)c1ccc(C(C)(C)C)cc1. The van der Waals surface area contributed by atoms with E-state index in [1.54, 1.807) is 23.3 Å². The summed E-state index contributed by atoms with van der Waals surface area (Å²) in [7, 11) is 0. The molecule has 1 aromatic carbocycles. The maximum Gasteiger partial charge on any atom is 0.243 e. The fraction of sp³-hybridized carbons (Fsp3) is 0.444.